The van der Waals surface area contributed by atoms with E-state index in [9.17, 15) is 0 Å². The molecule has 0 amide bonds. The fourth-order valence-corrected chi connectivity index (χ4v) is 1.49. The lowest BCUT2D eigenvalue weighted by Gasteiger charge is -2.04. The van der Waals surface area contributed by atoms with Crippen molar-refractivity contribution in [1.29, 1.82) is 5.26 Å². The van der Waals surface area contributed by atoms with Crippen LogP contribution in [-0.4, -0.2) is 19.7 Å². The highest BCUT2D eigenvalue weighted by Gasteiger charge is 2.10. The predicted octanol–water partition coefficient (Wildman–Crippen LogP) is 2.13. The Hall–Kier alpha value is -1.84. The molecule has 8 heteroatoms. The summed E-state index contributed by atoms with van der Waals surface area (Å²) in [6.07, 6.45) is 3.02. The summed E-state index contributed by atoms with van der Waals surface area (Å²) < 4.78 is 1.51. The largest absolute Gasteiger partial charge is 0.335 e. The van der Waals surface area contributed by atoms with Gasteiger partial charge in [0.1, 0.15) is 11.1 Å². The highest BCUT2D eigenvalue weighted by molar-refractivity contribution is 6.33. The van der Waals surface area contributed by atoms with E-state index in [2.05, 4.69) is 20.4 Å². The summed E-state index contributed by atoms with van der Waals surface area (Å²) in [7, 11) is 1.71. The van der Waals surface area contributed by atoms with Crippen LogP contribution in [0.25, 0.3) is 0 Å². The first kappa shape index (κ1) is 11.6. The number of aromatic nitrogens is 4. The molecule has 0 aliphatic carbocycles. The Morgan fingerprint density at radius 1 is 1.47 bits per heavy atom. The summed E-state index contributed by atoms with van der Waals surface area (Å²) in [4.78, 5) is 7.64. The highest BCUT2D eigenvalue weighted by atomic mass is 35.5. The number of aryl methyl sites for hydroxylation is 1. The second kappa shape index (κ2) is 4.57. The molecular formula is C9H6Cl2N6. The van der Waals surface area contributed by atoms with Crippen molar-refractivity contribution in [2.45, 2.75) is 0 Å². The van der Waals surface area contributed by atoms with E-state index in [4.69, 9.17) is 28.5 Å². The normalized spacial score (nSPS) is 10.0. The monoisotopic (exact) mass is 268 g/mol. The number of halogens is 2. The van der Waals surface area contributed by atoms with Crippen LogP contribution >= 0.6 is 23.2 Å². The molecule has 17 heavy (non-hydrogen) atoms. The van der Waals surface area contributed by atoms with Crippen LogP contribution in [0.2, 0.25) is 10.3 Å². The molecule has 0 saturated heterocycles. The van der Waals surface area contributed by atoms with Crippen molar-refractivity contribution in [1.82, 2.24) is 19.7 Å². The van der Waals surface area contributed by atoms with Gasteiger partial charge in [-0.15, -0.1) is 0 Å². The average Bonchev–Trinajstić information content (AvgIpc) is 2.64. The SMILES string of the molecule is Cn1cc(Nc2nc(Cl)ncc2Cl)c(C#N)n1. The molecule has 0 spiro atoms. The van der Waals surface area contributed by atoms with Gasteiger partial charge >= 0.3 is 0 Å². The van der Waals surface area contributed by atoms with Gasteiger partial charge in [0, 0.05) is 13.2 Å². The molecule has 0 aliphatic rings. The second-order valence-corrected chi connectivity index (χ2v) is 3.88. The molecule has 2 aromatic rings. The molecule has 0 fully saturated rings. The van der Waals surface area contributed by atoms with Gasteiger partial charge in [-0.25, -0.2) is 4.98 Å². The number of hydrogen-bond acceptors (Lipinski definition) is 5. The van der Waals surface area contributed by atoms with E-state index < -0.39 is 0 Å². The van der Waals surface area contributed by atoms with Crippen LogP contribution in [0.3, 0.4) is 0 Å². The second-order valence-electron chi connectivity index (χ2n) is 3.14. The van der Waals surface area contributed by atoms with E-state index in [0.29, 0.717) is 16.5 Å². The van der Waals surface area contributed by atoms with Gasteiger partial charge in [-0.2, -0.15) is 15.3 Å². The van der Waals surface area contributed by atoms with E-state index in [1.54, 1.807) is 13.2 Å². The van der Waals surface area contributed by atoms with Crippen LogP contribution in [-0.2, 0) is 7.05 Å². The van der Waals surface area contributed by atoms with Crippen molar-refractivity contribution in [3.63, 3.8) is 0 Å². The molecule has 0 aromatic carbocycles. The van der Waals surface area contributed by atoms with Gasteiger partial charge in [0.05, 0.1) is 11.9 Å². The lowest BCUT2D eigenvalue weighted by Crippen LogP contribution is -1.96. The van der Waals surface area contributed by atoms with Gasteiger partial charge in [-0.1, -0.05) is 11.6 Å². The summed E-state index contributed by atoms with van der Waals surface area (Å²) in [5.74, 6) is 0.330. The summed E-state index contributed by atoms with van der Waals surface area (Å²) in [6.45, 7) is 0. The molecule has 0 saturated carbocycles. The average molecular weight is 269 g/mol. The van der Waals surface area contributed by atoms with E-state index in [1.165, 1.54) is 10.9 Å². The molecule has 1 N–H and O–H groups in total. The van der Waals surface area contributed by atoms with Crippen LogP contribution < -0.4 is 5.32 Å². The van der Waals surface area contributed by atoms with Gasteiger partial charge < -0.3 is 5.32 Å². The smallest absolute Gasteiger partial charge is 0.224 e. The Balaban J connectivity index is 2.38. The number of nitriles is 1. The van der Waals surface area contributed by atoms with Crippen molar-refractivity contribution in [3.8, 4) is 6.07 Å². The van der Waals surface area contributed by atoms with Crippen molar-refractivity contribution in [3.05, 3.63) is 28.4 Å². The van der Waals surface area contributed by atoms with Crippen LogP contribution in [0.15, 0.2) is 12.4 Å². The maximum absolute atomic E-state index is 8.88. The van der Waals surface area contributed by atoms with Crippen molar-refractivity contribution >= 4 is 34.7 Å². The number of hydrogen-bond donors (Lipinski definition) is 1. The molecule has 2 rings (SSSR count). The molecule has 0 atom stereocenters. The molecular weight excluding hydrogens is 263 g/mol. The van der Waals surface area contributed by atoms with E-state index in [0.717, 1.165) is 0 Å². The first-order valence-corrected chi connectivity index (χ1v) is 5.24. The van der Waals surface area contributed by atoms with Crippen LogP contribution in [0.5, 0.6) is 0 Å². The lowest BCUT2D eigenvalue weighted by molar-refractivity contribution is 0.763. The summed E-state index contributed by atoms with van der Waals surface area (Å²) in [5.41, 5.74) is 0.755. The standard InChI is InChI=1S/C9H6Cl2N6/c1-17-4-7(6(2-12)16-17)14-8-5(10)3-13-9(11)15-8/h3-4H,1H3,(H,13,14,15). The molecule has 0 aliphatic heterocycles. The first-order chi connectivity index (χ1) is 8.10. The van der Waals surface area contributed by atoms with E-state index in [1.807, 2.05) is 6.07 Å². The highest BCUT2D eigenvalue weighted by Crippen LogP contribution is 2.24. The van der Waals surface area contributed by atoms with Gasteiger partial charge in [0.2, 0.25) is 5.28 Å². The maximum atomic E-state index is 8.88. The Labute approximate surface area is 107 Å². The van der Waals surface area contributed by atoms with Gasteiger partial charge in [-0.3, -0.25) is 4.68 Å². The number of nitrogens with zero attached hydrogens (tertiary/aromatic N) is 5. The molecule has 0 unspecified atom stereocenters. The lowest BCUT2D eigenvalue weighted by atomic mass is 10.4. The third-order valence-corrected chi connectivity index (χ3v) is 2.36. The molecule has 0 radical (unpaired) electrons. The quantitative estimate of drug-likeness (QED) is 0.845. The zero-order valence-corrected chi connectivity index (χ0v) is 10.2. The minimum Gasteiger partial charge on any atom is -0.335 e. The van der Waals surface area contributed by atoms with Crippen molar-refractivity contribution in [2.75, 3.05) is 5.32 Å². The molecule has 2 aromatic heterocycles. The zero-order valence-electron chi connectivity index (χ0n) is 8.65. The van der Waals surface area contributed by atoms with Crippen molar-refractivity contribution in [2.24, 2.45) is 7.05 Å². The van der Waals surface area contributed by atoms with Gasteiger partial charge in [0.25, 0.3) is 0 Å². The van der Waals surface area contributed by atoms with Gasteiger partial charge in [0.15, 0.2) is 11.5 Å². The summed E-state index contributed by atoms with van der Waals surface area (Å²) >= 11 is 11.5. The van der Waals surface area contributed by atoms with Crippen LogP contribution in [0.1, 0.15) is 5.69 Å². The summed E-state index contributed by atoms with van der Waals surface area (Å²) in [6, 6.07) is 1.96. The van der Waals surface area contributed by atoms with Crippen LogP contribution in [0, 0.1) is 11.3 Å². The number of nitrogens with one attached hydrogen (secondary N) is 1. The molecule has 86 valence electrons. The number of anilines is 2. The van der Waals surface area contributed by atoms with E-state index in [-0.39, 0.29) is 11.0 Å². The third kappa shape index (κ3) is 2.46. The maximum Gasteiger partial charge on any atom is 0.224 e. The molecule has 6 nitrogen and oxygen atoms in total. The van der Waals surface area contributed by atoms with Crippen molar-refractivity contribution < 1.29 is 0 Å². The Bertz CT molecular complexity index is 600. The number of rotatable bonds is 2. The minimum absolute atomic E-state index is 0.0688. The Kier molecular flexibility index (Phi) is 3.13. The topological polar surface area (TPSA) is 79.4 Å². The fourth-order valence-electron chi connectivity index (χ4n) is 1.22. The molecule has 0 bridgehead atoms. The van der Waals surface area contributed by atoms with Crippen LogP contribution in [0.4, 0.5) is 11.5 Å². The third-order valence-electron chi connectivity index (χ3n) is 1.90. The summed E-state index contributed by atoms with van der Waals surface area (Å²) in [5, 5.41) is 16.1. The zero-order chi connectivity index (χ0) is 12.4. The molecule has 2 heterocycles. The van der Waals surface area contributed by atoms with Gasteiger partial charge in [-0.05, 0) is 11.6 Å². The minimum atomic E-state index is 0.0688. The van der Waals surface area contributed by atoms with E-state index >= 15 is 0 Å². The predicted molar refractivity (Wildman–Crippen MR) is 63.3 cm³/mol. The first-order valence-electron chi connectivity index (χ1n) is 4.49. The Morgan fingerprint density at radius 2 is 2.24 bits per heavy atom. The fraction of sp³-hybridized carbons (Fsp3) is 0.111. The Morgan fingerprint density at radius 3 is 2.94 bits per heavy atom.